The van der Waals surface area contributed by atoms with Gasteiger partial charge in [-0.3, -0.25) is 4.79 Å². The van der Waals surface area contributed by atoms with Gasteiger partial charge in [-0.15, -0.1) is 0 Å². The Morgan fingerprint density at radius 2 is 1.85 bits per heavy atom. The van der Waals surface area contributed by atoms with Crippen LogP contribution in [0.1, 0.15) is 23.2 Å². The molecule has 2 heterocycles. The fraction of sp³-hybridized carbons (Fsp3) is 0.200. The van der Waals surface area contributed by atoms with Gasteiger partial charge in [0.1, 0.15) is 0 Å². The highest BCUT2D eigenvalue weighted by atomic mass is 19.1. The maximum atomic E-state index is 13.8. The van der Waals surface area contributed by atoms with Crippen LogP contribution in [0, 0.1) is 5.82 Å². The third-order valence-corrected chi connectivity index (χ3v) is 4.60. The second-order valence-electron chi connectivity index (χ2n) is 6.28. The van der Waals surface area contributed by atoms with Crippen molar-refractivity contribution < 1.29 is 18.7 Å². The molecule has 0 spiro atoms. The van der Waals surface area contributed by atoms with Crippen LogP contribution < -0.4 is 4.90 Å². The molecule has 5 nitrogen and oxygen atoms in total. The Kier molecular flexibility index (Phi) is 4.16. The van der Waals surface area contributed by atoms with Gasteiger partial charge >= 0.3 is 0 Å². The van der Waals surface area contributed by atoms with Crippen molar-refractivity contribution in [3.63, 3.8) is 0 Å². The van der Waals surface area contributed by atoms with Crippen molar-refractivity contribution in [2.24, 2.45) is 0 Å². The van der Waals surface area contributed by atoms with Crippen LogP contribution >= 0.6 is 0 Å². The molecule has 6 heteroatoms. The first-order chi connectivity index (χ1) is 12.7. The summed E-state index contributed by atoms with van der Waals surface area (Å²) in [5, 5.41) is 9.51. The number of aldehydes is 1. The summed E-state index contributed by atoms with van der Waals surface area (Å²) in [5.41, 5.74) is 2.20. The van der Waals surface area contributed by atoms with Crippen LogP contribution in [0.3, 0.4) is 0 Å². The van der Waals surface area contributed by atoms with Gasteiger partial charge in [-0.2, -0.15) is 0 Å². The number of rotatable bonds is 4. The largest absolute Gasteiger partial charge is 0.504 e. The minimum absolute atomic E-state index is 0.144. The highest BCUT2D eigenvalue weighted by Crippen LogP contribution is 2.31. The van der Waals surface area contributed by atoms with Crippen LogP contribution in [0.2, 0.25) is 0 Å². The molecule has 3 aromatic rings. The Bertz CT molecular complexity index is 944. The summed E-state index contributed by atoms with van der Waals surface area (Å²) in [5.74, 6) is -0.827. The van der Waals surface area contributed by atoms with Crippen molar-refractivity contribution in [3.05, 3.63) is 54.0 Å². The Labute approximate surface area is 149 Å². The summed E-state index contributed by atoms with van der Waals surface area (Å²) >= 11 is 0. The quantitative estimate of drug-likeness (QED) is 0.711. The maximum Gasteiger partial charge on any atom is 0.226 e. The standard InChI is InChI=1S/C20H17FN2O3/c21-17-10-14(9-15(12-24)19(17)25)20-22-11-18(26-20)13-3-5-16(6-4-13)23-7-1-2-8-23/h3-6,9-12,25H,1-2,7-8H2. The number of anilines is 1. The van der Waals surface area contributed by atoms with Crippen LogP contribution in [0.5, 0.6) is 5.75 Å². The Morgan fingerprint density at radius 1 is 1.12 bits per heavy atom. The van der Waals surface area contributed by atoms with Gasteiger partial charge in [0.15, 0.2) is 23.6 Å². The minimum Gasteiger partial charge on any atom is -0.504 e. The molecule has 2 aromatic carbocycles. The van der Waals surface area contributed by atoms with Crippen LogP contribution in [0.4, 0.5) is 10.1 Å². The molecule has 0 amide bonds. The first-order valence-corrected chi connectivity index (χ1v) is 8.45. The number of hydrogen-bond donors (Lipinski definition) is 1. The number of phenolic OH excluding ortho intramolecular Hbond substituents is 1. The van der Waals surface area contributed by atoms with E-state index in [0.29, 0.717) is 17.6 Å². The zero-order chi connectivity index (χ0) is 18.1. The van der Waals surface area contributed by atoms with Gasteiger partial charge in [-0.05, 0) is 49.2 Å². The first-order valence-electron chi connectivity index (χ1n) is 8.45. The first kappa shape index (κ1) is 16.3. The molecule has 1 N–H and O–H groups in total. The second-order valence-corrected chi connectivity index (χ2v) is 6.28. The highest BCUT2D eigenvalue weighted by molar-refractivity contribution is 5.82. The Morgan fingerprint density at radius 3 is 2.54 bits per heavy atom. The van der Waals surface area contributed by atoms with Crippen molar-refractivity contribution in [2.75, 3.05) is 18.0 Å². The van der Waals surface area contributed by atoms with E-state index in [1.807, 2.05) is 24.3 Å². The predicted molar refractivity (Wildman–Crippen MR) is 95.8 cm³/mol. The number of phenols is 1. The second kappa shape index (κ2) is 6.63. The highest BCUT2D eigenvalue weighted by Gasteiger charge is 2.16. The lowest BCUT2D eigenvalue weighted by Gasteiger charge is -2.17. The van der Waals surface area contributed by atoms with E-state index in [1.54, 1.807) is 6.20 Å². The van der Waals surface area contributed by atoms with E-state index in [1.165, 1.54) is 24.6 Å². The molecule has 26 heavy (non-hydrogen) atoms. The van der Waals surface area contributed by atoms with Gasteiger partial charge < -0.3 is 14.4 Å². The van der Waals surface area contributed by atoms with Gasteiger partial charge in [-0.25, -0.2) is 9.37 Å². The van der Waals surface area contributed by atoms with E-state index < -0.39 is 11.6 Å². The third kappa shape index (κ3) is 2.94. The van der Waals surface area contributed by atoms with Crippen LogP contribution in [0.25, 0.3) is 22.8 Å². The molecular formula is C20H17FN2O3. The molecule has 4 rings (SSSR count). The predicted octanol–water partition coefficient (Wildman–Crippen LogP) is 4.27. The molecule has 0 saturated carbocycles. The van der Waals surface area contributed by atoms with Crippen molar-refractivity contribution in [3.8, 4) is 28.5 Å². The molecule has 0 atom stereocenters. The van der Waals surface area contributed by atoms with Gasteiger partial charge in [-0.1, -0.05) is 0 Å². The van der Waals surface area contributed by atoms with Gasteiger partial charge in [0.05, 0.1) is 11.8 Å². The molecule has 0 unspecified atom stereocenters. The van der Waals surface area contributed by atoms with Gasteiger partial charge in [0.2, 0.25) is 5.89 Å². The normalized spacial score (nSPS) is 14.0. The summed E-state index contributed by atoms with van der Waals surface area (Å²) in [6.07, 6.45) is 4.40. The minimum atomic E-state index is -0.890. The number of hydrogen-bond acceptors (Lipinski definition) is 5. The average Bonchev–Trinajstić information content (AvgIpc) is 3.36. The number of nitrogens with zero attached hydrogens (tertiary/aromatic N) is 2. The lowest BCUT2D eigenvalue weighted by Crippen LogP contribution is -2.17. The Hall–Kier alpha value is -3.15. The van der Waals surface area contributed by atoms with E-state index >= 15 is 0 Å². The Balaban J connectivity index is 1.62. The number of aromatic hydroxyl groups is 1. The molecule has 1 saturated heterocycles. The molecule has 0 bridgehead atoms. The summed E-state index contributed by atoms with van der Waals surface area (Å²) in [6.45, 7) is 2.16. The molecule has 0 radical (unpaired) electrons. The molecule has 132 valence electrons. The van der Waals surface area contributed by atoms with E-state index in [-0.39, 0.29) is 11.5 Å². The van der Waals surface area contributed by atoms with Crippen molar-refractivity contribution in [1.82, 2.24) is 4.98 Å². The lowest BCUT2D eigenvalue weighted by atomic mass is 10.1. The summed E-state index contributed by atoms with van der Waals surface area (Å²) < 4.78 is 19.5. The van der Waals surface area contributed by atoms with E-state index in [0.717, 1.165) is 24.7 Å². The number of carbonyl (C=O) groups excluding carboxylic acids is 1. The molecular weight excluding hydrogens is 335 g/mol. The SMILES string of the molecule is O=Cc1cc(-c2ncc(-c3ccc(N4CCCC4)cc3)o2)cc(F)c1O. The van der Waals surface area contributed by atoms with Crippen molar-refractivity contribution >= 4 is 12.0 Å². The number of aromatic nitrogens is 1. The fourth-order valence-corrected chi connectivity index (χ4v) is 3.19. The van der Waals surface area contributed by atoms with Crippen LogP contribution in [-0.4, -0.2) is 29.5 Å². The van der Waals surface area contributed by atoms with Gasteiger partial charge in [0, 0.05) is 29.9 Å². The topological polar surface area (TPSA) is 66.6 Å². The number of halogens is 1. The number of oxazole rings is 1. The van der Waals surface area contributed by atoms with Gasteiger partial charge in [0.25, 0.3) is 0 Å². The van der Waals surface area contributed by atoms with E-state index in [2.05, 4.69) is 9.88 Å². The number of benzene rings is 2. The van der Waals surface area contributed by atoms with Crippen LogP contribution in [-0.2, 0) is 0 Å². The van der Waals surface area contributed by atoms with Crippen molar-refractivity contribution in [1.29, 1.82) is 0 Å². The molecule has 0 aliphatic carbocycles. The zero-order valence-electron chi connectivity index (χ0n) is 14.0. The van der Waals surface area contributed by atoms with Crippen LogP contribution in [0.15, 0.2) is 47.0 Å². The zero-order valence-corrected chi connectivity index (χ0v) is 14.0. The monoisotopic (exact) mass is 352 g/mol. The van der Waals surface area contributed by atoms with E-state index in [9.17, 15) is 14.3 Å². The average molecular weight is 352 g/mol. The number of carbonyl (C=O) groups is 1. The smallest absolute Gasteiger partial charge is 0.226 e. The summed E-state index contributed by atoms with van der Waals surface area (Å²) in [7, 11) is 0. The maximum absolute atomic E-state index is 13.8. The molecule has 1 aliphatic rings. The third-order valence-electron chi connectivity index (χ3n) is 4.60. The molecule has 1 aromatic heterocycles. The molecule has 1 fully saturated rings. The summed E-state index contributed by atoms with van der Waals surface area (Å²) in [4.78, 5) is 17.5. The summed E-state index contributed by atoms with van der Waals surface area (Å²) in [6, 6.07) is 10.5. The fourth-order valence-electron chi connectivity index (χ4n) is 3.19. The van der Waals surface area contributed by atoms with Crippen molar-refractivity contribution in [2.45, 2.75) is 12.8 Å². The lowest BCUT2D eigenvalue weighted by molar-refractivity contribution is 0.112. The molecule has 1 aliphatic heterocycles. The van der Waals surface area contributed by atoms with E-state index in [4.69, 9.17) is 4.42 Å².